The van der Waals surface area contributed by atoms with Crippen LogP contribution < -0.4 is 5.32 Å². The number of halogens is 1. The molecule has 0 aliphatic rings. The Morgan fingerprint density at radius 3 is 2.89 bits per heavy atom. The monoisotopic (exact) mass is 260 g/mol. The van der Waals surface area contributed by atoms with Crippen molar-refractivity contribution in [2.75, 3.05) is 0 Å². The Balaban J connectivity index is 1.96. The molecule has 0 aliphatic heterocycles. The maximum atomic E-state index is 13.1. The zero-order chi connectivity index (χ0) is 13.0. The summed E-state index contributed by atoms with van der Waals surface area (Å²) >= 11 is 1.48. The van der Waals surface area contributed by atoms with E-state index in [4.69, 9.17) is 5.26 Å². The zero-order valence-electron chi connectivity index (χ0n) is 9.98. The van der Waals surface area contributed by atoms with Crippen molar-refractivity contribution in [2.24, 2.45) is 0 Å². The van der Waals surface area contributed by atoms with Crippen molar-refractivity contribution in [2.45, 2.75) is 19.5 Å². The largest absolute Gasteiger partial charge is 0.305 e. The lowest BCUT2D eigenvalue weighted by Crippen LogP contribution is -2.17. The standard InChI is InChI=1S/C14H13FN2S/c1-10(11-3-2-4-12(15)7-11)17-9-14-6-5-13(8-16)18-14/h2-7,10,17H,9H2,1H3. The van der Waals surface area contributed by atoms with Crippen molar-refractivity contribution < 1.29 is 4.39 Å². The highest BCUT2D eigenvalue weighted by Crippen LogP contribution is 2.18. The Kier molecular flexibility index (Phi) is 4.08. The summed E-state index contributed by atoms with van der Waals surface area (Å²) in [5.41, 5.74) is 0.923. The van der Waals surface area contributed by atoms with E-state index in [0.717, 1.165) is 10.4 Å². The van der Waals surface area contributed by atoms with Gasteiger partial charge in [0.05, 0.1) is 0 Å². The number of hydrogen-bond acceptors (Lipinski definition) is 3. The molecule has 92 valence electrons. The molecule has 0 bridgehead atoms. The maximum absolute atomic E-state index is 13.1. The molecule has 0 saturated carbocycles. The Morgan fingerprint density at radius 1 is 1.39 bits per heavy atom. The molecule has 1 atom stereocenters. The summed E-state index contributed by atoms with van der Waals surface area (Å²) in [6, 6.07) is 12.5. The number of benzene rings is 1. The second-order valence-corrected chi connectivity index (χ2v) is 5.20. The molecule has 0 saturated heterocycles. The van der Waals surface area contributed by atoms with Gasteiger partial charge in [0.1, 0.15) is 16.8 Å². The highest BCUT2D eigenvalue weighted by atomic mass is 32.1. The first-order chi connectivity index (χ1) is 8.69. The number of rotatable bonds is 4. The van der Waals surface area contributed by atoms with E-state index in [-0.39, 0.29) is 11.9 Å². The Bertz CT molecular complexity index is 571. The smallest absolute Gasteiger partial charge is 0.123 e. The molecule has 1 aromatic heterocycles. The quantitative estimate of drug-likeness (QED) is 0.911. The third-order valence-corrected chi connectivity index (χ3v) is 3.69. The first-order valence-corrected chi connectivity index (χ1v) is 6.48. The summed E-state index contributed by atoms with van der Waals surface area (Å²) in [6.45, 7) is 2.68. The van der Waals surface area contributed by atoms with Crippen molar-refractivity contribution in [3.05, 3.63) is 57.5 Å². The van der Waals surface area contributed by atoms with Crippen molar-refractivity contribution in [3.8, 4) is 6.07 Å². The second kappa shape index (κ2) is 5.76. The summed E-state index contributed by atoms with van der Waals surface area (Å²) < 4.78 is 13.1. The molecule has 0 fully saturated rings. The van der Waals surface area contributed by atoms with Crippen LogP contribution in [-0.4, -0.2) is 0 Å². The van der Waals surface area contributed by atoms with Gasteiger partial charge >= 0.3 is 0 Å². The number of nitriles is 1. The lowest BCUT2D eigenvalue weighted by Gasteiger charge is -2.13. The highest BCUT2D eigenvalue weighted by Gasteiger charge is 2.06. The fourth-order valence-corrected chi connectivity index (χ4v) is 2.44. The van der Waals surface area contributed by atoms with Gasteiger partial charge in [-0.25, -0.2) is 4.39 Å². The number of thiophene rings is 1. The van der Waals surface area contributed by atoms with Crippen LogP contribution in [0.3, 0.4) is 0 Å². The van der Waals surface area contributed by atoms with Crippen LogP contribution in [0.1, 0.15) is 28.3 Å². The van der Waals surface area contributed by atoms with E-state index in [1.807, 2.05) is 25.1 Å². The van der Waals surface area contributed by atoms with Crippen LogP contribution in [-0.2, 0) is 6.54 Å². The predicted octanol–water partition coefficient (Wildman–Crippen LogP) is 3.61. The molecule has 0 aliphatic carbocycles. The van der Waals surface area contributed by atoms with Gasteiger partial charge in [-0.05, 0) is 36.8 Å². The normalized spacial score (nSPS) is 12.1. The third-order valence-electron chi connectivity index (χ3n) is 2.70. The van der Waals surface area contributed by atoms with Crippen LogP contribution in [0.5, 0.6) is 0 Å². The summed E-state index contributed by atoms with van der Waals surface area (Å²) in [4.78, 5) is 1.82. The SMILES string of the molecule is CC(NCc1ccc(C#N)s1)c1cccc(F)c1. The number of nitrogens with one attached hydrogen (secondary N) is 1. The van der Waals surface area contributed by atoms with Crippen molar-refractivity contribution in [1.82, 2.24) is 5.32 Å². The van der Waals surface area contributed by atoms with E-state index in [2.05, 4.69) is 11.4 Å². The molecule has 2 nitrogen and oxygen atoms in total. The first-order valence-electron chi connectivity index (χ1n) is 5.66. The van der Waals surface area contributed by atoms with Crippen molar-refractivity contribution in [1.29, 1.82) is 5.26 Å². The van der Waals surface area contributed by atoms with E-state index in [9.17, 15) is 4.39 Å². The van der Waals surface area contributed by atoms with Gasteiger partial charge in [-0.2, -0.15) is 5.26 Å². The summed E-state index contributed by atoms with van der Waals surface area (Å²) in [5.74, 6) is -0.218. The average molecular weight is 260 g/mol. The molecular formula is C14H13FN2S. The lowest BCUT2D eigenvalue weighted by atomic mass is 10.1. The Labute approximate surface area is 110 Å². The molecule has 1 unspecified atom stereocenters. The first kappa shape index (κ1) is 12.7. The van der Waals surface area contributed by atoms with Crippen molar-refractivity contribution in [3.63, 3.8) is 0 Å². The topological polar surface area (TPSA) is 35.8 Å². The third kappa shape index (κ3) is 3.16. The highest BCUT2D eigenvalue weighted by molar-refractivity contribution is 7.12. The molecule has 1 N–H and O–H groups in total. The second-order valence-electron chi connectivity index (χ2n) is 4.04. The molecular weight excluding hydrogens is 247 g/mol. The van der Waals surface area contributed by atoms with Gasteiger partial charge in [0, 0.05) is 17.5 Å². The van der Waals surface area contributed by atoms with E-state index in [1.165, 1.54) is 23.5 Å². The van der Waals surface area contributed by atoms with Gasteiger partial charge in [0.25, 0.3) is 0 Å². The van der Waals surface area contributed by atoms with E-state index >= 15 is 0 Å². The van der Waals surface area contributed by atoms with Gasteiger partial charge in [-0.1, -0.05) is 12.1 Å². The van der Waals surface area contributed by atoms with Gasteiger partial charge in [-0.15, -0.1) is 11.3 Å². The zero-order valence-corrected chi connectivity index (χ0v) is 10.8. The Hall–Kier alpha value is -1.70. The van der Waals surface area contributed by atoms with Gasteiger partial charge in [0.15, 0.2) is 0 Å². The minimum atomic E-state index is -0.218. The minimum absolute atomic E-state index is 0.0772. The molecule has 2 rings (SSSR count). The molecule has 2 aromatic rings. The fourth-order valence-electron chi connectivity index (χ4n) is 1.68. The molecule has 0 radical (unpaired) electrons. The summed E-state index contributed by atoms with van der Waals surface area (Å²) in [6.07, 6.45) is 0. The number of hydrogen-bond donors (Lipinski definition) is 1. The molecule has 1 aromatic carbocycles. The fraction of sp³-hybridized carbons (Fsp3) is 0.214. The van der Waals surface area contributed by atoms with Crippen LogP contribution in [0.15, 0.2) is 36.4 Å². The molecule has 0 spiro atoms. The predicted molar refractivity (Wildman–Crippen MR) is 70.7 cm³/mol. The average Bonchev–Trinajstić information content (AvgIpc) is 2.84. The van der Waals surface area contributed by atoms with E-state index in [1.54, 1.807) is 6.07 Å². The van der Waals surface area contributed by atoms with Crippen LogP contribution >= 0.6 is 11.3 Å². The minimum Gasteiger partial charge on any atom is -0.305 e. The summed E-state index contributed by atoms with van der Waals surface area (Å²) in [7, 11) is 0. The molecule has 4 heteroatoms. The van der Waals surface area contributed by atoms with Crippen LogP contribution in [0, 0.1) is 17.1 Å². The van der Waals surface area contributed by atoms with E-state index < -0.39 is 0 Å². The van der Waals surface area contributed by atoms with Gasteiger partial charge < -0.3 is 5.32 Å². The van der Waals surface area contributed by atoms with Crippen LogP contribution in [0.25, 0.3) is 0 Å². The van der Waals surface area contributed by atoms with Crippen molar-refractivity contribution >= 4 is 11.3 Å². The van der Waals surface area contributed by atoms with Gasteiger partial charge in [0.2, 0.25) is 0 Å². The molecule has 0 amide bonds. The Morgan fingerprint density at radius 2 is 2.22 bits per heavy atom. The maximum Gasteiger partial charge on any atom is 0.123 e. The number of nitrogens with zero attached hydrogens (tertiary/aromatic N) is 1. The van der Waals surface area contributed by atoms with Crippen LogP contribution in [0.4, 0.5) is 4.39 Å². The van der Waals surface area contributed by atoms with E-state index in [0.29, 0.717) is 11.4 Å². The summed E-state index contributed by atoms with van der Waals surface area (Å²) in [5, 5.41) is 12.0. The molecule has 1 heterocycles. The molecule has 18 heavy (non-hydrogen) atoms. The lowest BCUT2D eigenvalue weighted by molar-refractivity contribution is 0.568. The van der Waals surface area contributed by atoms with Crippen LogP contribution in [0.2, 0.25) is 0 Å². The van der Waals surface area contributed by atoms with Gasteiger partial charge in [-0.3, -0.25) is 0 Å².